The van der Waals surface area contributed by atoms with Gasteiger partial charge in [0.25, 0.3) is 0 Å². The number of quaternary nitrogens is 1. The van der Waals surface area contributed by atoms with Crippen molar-refractivity contribution in [3.8, 4) is 0 Å². The Bertz CT molecular complexity index is 834. The number of aliphatic carboxylic acids is 1. The number of likely N-dealkylation sites (N-methyl/N-ethyl adjacent to an activating group) is 1. The van der Waals surface area contributed by atoms with Crippen LogP contribution < -0.4 is 0 Å². The van der Waals surface area contributed by atoms with Crippen molar-refractivity contribution in [1.29, 1.82) is 0 Å². The summed E-state index contributed by atoms with van der Waals surface area (Å²) in [6.45, 7) is 4.60. The zero-order valence-corrected chi connectivity index (χ0v) is 31.0. The Hall–Kier alpha value is -2.19. The van der Waals surface area contributed by atoms with Gasteiger partial charge in [-0.1, -0.05) is 109 Å². The van der Waals surface area contributed by atoms with Crippen LogP contribution in [0.5, 0.6) is 0 Å². The molecule has 2 atom stereocenters. The van der Waals surface area contributed by atoms with Crippen molar-refractivity contribution in [3.05, 3.63) is 24.3 Å². The first-order valence-corrected chi connectivity index (χ1v) is 18.9. The van der Waals surface area contributed by atoms with E-state index >= 15 is 0 Å². The molecular weight excluding hydrogens is 594 g/mol. The molecule has 47 heavy (non-hydrogen) atoms. The molecule has 0 radical (unpaired) electrons. The van der Waals surface area contributed by atoms with Crippen LogP contribution in [0.2, 0.25) is 0 Å². The lowest BCUT2D eigenvalue weighted by Gasteiger charge is -2.31. The molecule has 0 aromatic carbocycles. The number of hydrogen-bond acceptors (Lipinski definition) is 6. The number of carboxylic acids is 1. The second kappa shape index (κ2) is 31.1. The van der Waals surface area contributed by atoms with Gasteiger partial charge in [0.15, 0.2) is 12.1 Å². The minimum Gasteiger partial charge on any atom is -0.477 e. The van der Waals surface area contributed by atoms with E-state index in [2.05, 4.69) is 32.1 Å². The van der Waals surface area contributed by atoms with Crippen molar-refractivity contribution in [2.45, 2.75) is 167 Å². The van der Waals surface area contributed by atoms with Crippen LogP contribution in [0.15, 0.2) is 24.3 Å². The van der Waals surface area contributed by atoms with Gasteiger partial charge in [-0.2, -0.15) is 0 Å². The Morgan fingerprint density at radius 3 is 1.66 bits per heavy atom. The van der Waals surface area contributed by atoms with Gasteiger partial charge < -0.3 is 23.8 Å². The molecular formula is C39H72NO7+. The number of carbonyl (C=O) groups is 3. The van der Waals surface area contributed by atoms with Crippen LogP contribution in [-0.4, -0.2) is 80.6 Å². The van der Waals surface area contributed by atoms with E-state index in [0.717, 1.165) is 44.9 Å². The minimum atomic E-state index is -0.883. The molecule has 0 bridgehead atoms. The molecule has 0 fully saturated rings. The summed E-state index contributed by atoms with van der Waals surface area (Å²) in [4.78, 5) is 36.6. The van der Waals surface area contributed by atoms with Crippen molar-refractivity contribution >= 4 is 17.9 Å². The number of allylic oxidation sites excluding steroid dienone is 4. The first-order valence-electron chi connectivity index (χ1n) is 18.9. The maximum atomic E-state index is 12.5. The van der Waals surface area contributed by atoms with Gasteiger partial charge in [-0.3, -0.25) is 9.59 Å². The molecule has 0 spiro atoms. The average Bonchev–Trinajstić information content (AvgIpc) is 3.01. The van der Waals surface area contributed by atoms with Crippen LogP contribution in [-0.2, 0) is 28.6 Å². The Kier molecular flexibility index (Phi) is 29.7. The number of esters is 2. The second-order valence-corrected chi connectivity index (χ2v) is 13.8. The van der Waals surface area contributed by atoms with Gasteiger partial charge in [-0.05, 0) is 51.4 Å². The molecule has 0 heterocycles. The number of carbonyl (C=O) groups excluding carboxylic acids is 2. The summed E-state index contributed by atoms with van der Waals surface area (Å²) >= 11 is 0. The molecule has 1 N–H and O–H groups in total. The molecule has 8 heteroatoms. The van der Waals surface area contributed by atoms with Crippen LogP contribution in [0.3, 0.4) is 0 Å². The largest absolute Gasteiger partial charge is 0.477 e. The number of ether oxygens (including phenoxy) is 3. The molecule has 0 saturated heterocycles. The topological polar surface area (TPSA) is 99.1 Å². The van der Waals surface area contributed by atoms with Crippen LogP contribution in [0.1, 0.15) is 155 Å². The Morgan fingerprint density at radius 2 is 1.11 bits per heavy atom. The van der Waals surface area contributed by atoms with E-state index in [1.165, 1.54) is 70.6 Å². The predicted molar refractivity (Wildman–Crippen MR) is 192 cm³/mol. The summed E-state index contributed by atoms with van der Waals surface area (Å²) in [6.07, 6.45) is 31.1. The van der Waals surface area contributed by atoms with Crippen molar-refractivity contribution in [2.75, 3.05) is 41.0 Å². The molecule has 274 valence electrons. The zero-order valence-electron chi connectivity index (χ0n) is 31.0. The van der Waals surface area contributed by atoms with E-state index in [1.807, 2.05) is 27.2 Å². The maximum absolute atomic E-state index is 12.5. The monoisotopic (exact) mass is 667 g/mol. The third-order valence-electron chi connectivity index (χ3n) is 8.34. The van der Waals surface area contributed by atoms with Crippen molar-refractivity contribution in [1.82, 2.24) is 0 Å². The smallest absolute Gasteiger partial charge is 0.362 e. The van der Waals surface area contributed by atoms with E-state index < -0.39 is 18.1 Å². The van der Waals surface area contributed by atoms with Crippen molar-refractivity contribution in [3.63, 3.8) is 0 Å². The SMILES string of the molecule is CCCCC/C=C/CCC(=O)OC(COCCC(C(=O)O)[N+](C)(C)C)COC(=O)CCCCCCC/C=C/CCCCCCCCC. The summed E-state index contributed by atoms with van der Waals surface area (Å²) in [7, 11) is 5.49. The Balaban J connectivity index is 4.35. The van der Waals surface area contributed by atoms with E-state index in [9.17, 15) is 19.5 Å². The molecule has 8 nitrogen and oxygen atoms in total. The third-order valence-corrected chi connectivity index (χ3v) is 8.34. The normalized spacial score (nSPS) is 13.3. The van der Waals surface area contributed by atoms with Crippen molar-refractivity contribution in [2.24, 2.45) is 0 Å². The fraction of sp³-hybridized carbons (Fsp3) is 0.821. The number of nitrogens with zero attached hydrogens (tertiary/aromatic N) is 1. The van der Waals surface area contributed by atoms with Crippen LogP contribution in [0.25, 0.3) is 0 Å². The molecule has 0 aromatic rings. The summed E-state index contributed by atoms with van der Waals surface area (Å²) in [5.74, 6) is -1.55. The van der Waals surface area contributed by atoms with Gasteiger partial charge in [0, 0.05) is 19.3 Å². The third kappa shape index (κ3) is 29.7. The molecule has 0 aromatic heterocycles. The minimum absolute atomic E-state index is 0.0445. The van der Waals surface area contributed by atoms with E-state index in [4.69, 9.17) is 14.2 Å². The van der Waals surface area contributed by atoms with Crippen LogP contribution >= 0.6 is 0 Å². The van der Waals surface area contributed by atoms with E-state index in [1.54, 1.807) is 0 Å². The summed E-state index contributed by atoms with van der Waals surface area (Å²) in [6, 6.07) is -0.617. The average molecular weight is 667 g/mol. The predicted octanol–water partition coefficient (Wildman–Crippen LogP) is 9.35. The lowest BCUT2D eigenvalue weighted by atomic mass is 10.1. The summed E-state index contributed by atoms with van der Waals surface area (Å²) < 4.78 is 17.1. The van der Waals surface area contributed by atoms with Gasteiger partial charge in [0.1, 0.15) is 6.61 Å². The fourth-order valence-corrected chi connectivity index (χ4v) is 5.34. The molecule has 0 aliphatic rings. The molecule has 0 aliphatic carbocycles. The highest BCUT2D eigenvalue weighted by Crippen LogP contribution is 2.12. The summed E-state index contributed by atoms with van der Waals surface area (Å²) in [5, 5.41) is 9.55. The molecule has 2 unspecified atom stereocenters. The first-order chi connectivity index (χ1) is 22.6. The molecule has 0 aliphatic heterocycles. The molecule has 0 saturated carbocycles. The van der Waals surface area contributed by atoms with Gasteiger partial charge in [-0.25, -0.2) is 4.79 Å². The van der Waals surface area contributed by atoms with Gasteiger partial charge in [-0.15, -0.1) is 0 Å². The number of hydrogen-bond donors (Lipinski definition) is 1. The Morgan fingerprint density at radius 1 is 0.617 bits per heavy atom. The van der Waals surface area contributed by atoms with Crippen molar-refractivity contribution < 1.29 is 38.2 Å². The standard InChI is InChI=1S/C39H71NO7/c1-6-8-10-12-14-15-16-17-18-19-20-21-22-24-25-27-29-37(41)46-34-35(33-45-32-31-36(39(43)44)40(3,4)5)47-38(42)30-28-26-23-13-11-9-7-2/h18-19,23,26,35-36H,6-17,20-22,24-25,27-34H2,1-5H3/p+1/b19-18+,26-23+. The molecule has 0 amide bonds. The van der Waals surface area contributed by atoms with Crippen LogP contribution in [0.4, 0.5) is 0 Å². The van der Waals surface area contributed by atoms with E-state index in [0.29, 0.717) is 19.3 Å². The molecule has 0 rings (SSSR count). The quantitative estimate of drug-likeness (QED) is 0.0322. The number of carboxylic acid groups (broad SMARTS) is 1. The highest BCUT2D eigenvalue weighted by molar-refractivity contribution is 5.72. The van der Waals surface area contributed by atoms with Gasteiger partial charge >= 0.3 is 17.9 Å². The van der Waals surface area contributed by atoms with Crippen LogP contribution in [0, 0.1) is 0 Å². The number of unbranched alkanes of at least 4 members (excludes halogenated alkanes) is 15. The Labute approximate surface area is 288 Å². The summed E-state index contributed by atoms with van der Waals surface area (Å²) in [5.41, 5.74) is 0. The zero-order chi connectivity index (χ0) is 35.0. The lowest BCUT2D eigenvalue weighted by Crippen LogP contribution is -2.50. The van der Waals surface area contributed by atoms with Gasteiger partial charge in [0.05, 0.1) is 34.4 Å². The highest BCUT2D eigenvalue weighted by Gasteiger charge is 2.31. The van der Waals surface area contributed by atoms with Gasteiger partial charge in [0.2, 0.25) is 0 Å². The number of rotatable bonds is 33. The second-order valence-electron chi connectivity index (χ2n) is 13.8. The maximum Gasteiger partial charge on any atom is 0.362 e. The van der Waals surface area contributed by atoms with E-state index in [-0.39, 0.29) is 42.7 Å². The highest BCUT2D eigenvalue weighted by atomic mass is 16.6. The first kappa shape index (κ1) is 44.8. The lowest BCUT2D eigenvalue weighted by molar-refractivity contribution is -0.887. The fourth-order valence-electron chi connectivity index (χ4n) is 5.34.